The Kier molecular flexibility index (Phi) is 5.24. The minimum atomic E-state index is -0.431. The molecule has 1 amide bonds. The number of amides is 1. The second-order valence-electron chi connectivity index (χ2n) is 6.62. The van der Waals surface area contributed by atoms with Crippen molar-refractivity contribution in [2.45, 2.75) is 13.5 Å². The molecule has 0 saturated heterocycles. The first kappa shape index (κ1) is 18.7. The van der Waals surface area contributed by atoms with E-state index in [9.17, 15) is 9.59 Å². The van der Waals surface area contributed by atoms with Crippen molar-refractivity contribution in [2.75, 3.05) is 13.2 Å². The Morgan fingerprint density at radius 1 is 1.00 bits per heavy atom. The van der Waals surface area contributed by atoms with E-state index in [-0.39, 0.29) is 5.91 Å². The Bertz CT molecular complexity index is 1140. The second kappa shape index (κ2) is 8.14. The molecule has 29 heavy (non-hydrogen) atoms. The normalized spacial score (nSPS) is 10.9. The molecule has 2 heterocycles. The van der Waals surface area contributed by atoms with E-state index in [1.165, 1.54) is 5.39 Å². The maximum absolute atomic E-state index is 12.5. The van der Waals surface area contributed by atoms with Gasteiger partial charge < -0.3 is 14.6 Å². The minimum absolute atomic E-state index is 0.227. The molecule has 146 valence electrons. The lowest BCUT2D eigenvalue weighted by Gasteiger charge is -2.10. The van der Waals surface area contributed by atoms with Crippen molar-refractivity contribution in [1.82, 2.24) is 14.9 Å². The molecule has 0 saturated carbocycles. The number of benzene rings is 2. The largest absolute Gasteiger partial charge is 0.462 e. The van der Waals surface area contributed by atoms with Crippen LogP contribution in [0.4, 0.5) is 0 Å². The lowest BCUT2D eigenvalue weighted by atomic mass is 10.1. The Balaban J connectivity index is 1.50. The van der Waals surface area contributed by atoms with Crippen LogP contribution in [-0.2, 0) is 11.3 Å². The van der Waals surface area contributed by atoms with Gasteiger partial charge >= 0.3 is 5.97 Å². The Hall–Kier alpha value is -3.67. The van der Waals surface area contributed by atoms with Crippen LogP contribution < -0.4 is 5.32 Å². The first-order valence-corrected chi connectivity index (χ1v) is 9.55. The van der Waals surface area contributed by atoms with E-state index in [1.807, 2.05) is 24.4 Å². The zero-order chi connectivity index (χ0) is 20.2. The van der Waals surface area contributed by atoms with Crippen LogP contribution >= 0.6 is 0 Å². The van der Waals surface area contributed by atoms with Gasteiger partial charge in [-0.05, 0) is 37.3 Å². The van der Waals surface area contributed by atoms with Gasteiger partial charge in [-0.1, -0.05) is 24.3 Å². The van der Waals surface area contributed by atoms with Crippen molar-refractivity contribution < 1.29 is 14.3 Å². The summed E-state index contributed by atoms with van der Waals surface area (Å²) in [5.74, 6) is -0.657. The Morgan fingerprint density at radius 3 is 2.66 bits per heavy atom. The van der Waals surface area contributed by atoms with Crippen LogP contribution in [0.1, 0.15) is 27.6 Å². The highest BCUT2D eigenvalue weighted by Crippen LogP contribution is 2.27. The molecule has 1 N–H and O–H groups in total. The summed E-state index contributed by atoms with van der Waals surface area (Å²) >= 11 is 0. The van der Waals surface area contributed by atoms with Gasteiger partial charge in [0, 0.05) is 41.1 Å². The van der Waals surface area contributed by atoms with Crippen molar-refractivity contribution in [3.05, 3.63) is 78.1 Å². The predicted octanol–water partition coefficient (Wildman–Crippen LogP) is 3.80. The van der Waals surface area contributed by atoms with Gasteiger partial charge in [-0.2, -0.15) is 0 Å². The van der Waals surface area contributed by atoms with Crippen LogP contribution in [0.15, 0.2) is 67.0 Å². The summed E-state index contributed by atoms with van der Waals surface area (Å²) in [6, 6.07) is 16.7. The summed E-state index contributed by atoms with van der Waals surface area (Å²) in [5, 5.41) is 5.24. The minimum Gasteiger partial charge on any atom is -0.462 e. The van der Waals surface area contributed by atoms with E-state index < -0.39 is 5.97 Å². The Morgan fingerprint density at radius 2 is 1.79 bits per heavy atom. The van der Waals surface area contributed by atoms with Crippen LogP contribution in [0, 0.1) is 0 Å². The van der Waals surface area contributed by atoms with Gasteiger partial charge in [0.15, 0.2) is 0 Å². The highest BCUT2D eigenvalue weighted by Gasteiger charge is 2.12. The number of carbonyl (C=O) groups excluding carboxylic acids is 2. The predicted molar refractivity (Wildman–Crippen MR) is 112 cm³/mol. The third-order valence-electron chi connectivity index (χ3n) is 4.83. The van der Waals surface area contributed by atoms with Gasteiger partial charge in [0.05, 0.1) is 23.9 Å². The fourth-order valence-corrected chi connectivity index (χ4v) is 3.52. The molecule has 0 spiro atoms. The molecule has 0 atom stereocenters. The zero-order valence-electron chi connectivity index (χ0n) is 16.1. The van der Waals surface area contributed by atoms with Gasteiger partial charge in [-0.25, -0.2) is 4.79 Å². The summed E-state index contributed by atoms with van der Waals surface area (Å²) < 4.78 is 7.15. The van der Waals surface area contributed by atoms with E-state index in [1.54, 1.807) is 37.4 Å². The number of ether oxygens (including phenoxy) is 1. The molecule has 0 unspecified atom stereocenters. The number of hydrogen-bond donors (Lipinski definition) is 1. The molecule has 0 bridgehead atoms. The van der Waals surface area contributed by atoms with Crippen molar-refractivity contribution >= 4 is 33.7 Å². The maximum atomic E-state index is 12.5. The van der Waals surface area contributed by atoms with Crippen LogP contribution in [-0.4, -0.2) is 34.6 Å². The molecule has 0 aliphatic heterocycles. The highest BCUT2D eigenvalue weighted by molar-refractivity contribution is 6.07. The number of fused-ring (bicyclic) bond motifs is 3. The van der Waals surface area contributed by atoms with Crippen LogP contribution in [0.3, 0.4) is 0 Å². The lowest BCUT2D eigenvalue weighted by molar-refractivity contribution is 0.0526. The molecule has 4 rings (SSSR count). The van der Waals surface area contributed by atoms with Gasteiger partial charge in [-0.15, -0.1) is 0 Å². The average molecular weight is 387 g/mol. The van der Waals surface area contributed by atoms with Crippen LogP contribution in [0.5, 0.6) is 0 Å². The number of nitrogens with zero attached hydrogens (tertiary/aromatic N) is 2. The monoisotopic (exact) mass is 387 g/mol. The average Bonchev–Trinajstić information content (AvgIpc) is 3.08. The number of aromatic nitrogens is 2. The van der Waals surface area contributed by atoms with Crippen molar-refractivity contribution in [3.8, 4) is 0 Å². The quantitative estimate of drug-likeness (QED) is 0.511. The number of esters is 1. The number of para-hydroxylation sites is 1. The summed E-state index contributed by atoms with van der Waals surface area (Å²) in [4.78, 5) is 28.7. The van der Waals surface area contributed by atoms with E-state index >= 15 is 0 Å². The zero-order valence-corrected chi connectivity index (χ0v) is 16.1. The van der Waals surface area contributed by atoms with Crippen LogP contribution in [0.25, 0.3) is 21.8 Å². The summed E-state index contributed by atoms with van der Waals surface area (Å²) in [5.41, 5.74) is 2.94. The molecule has 0 aliphatic carbocycles. The second-order valence-corrected chi connectivity index (χ2v) is 6.62. The molecule has 0 aliphatic rings. The number of nitrogens with one attached hydrogen (secondary N) is 1. The van der Waals surface area contributed by atoms with Crippen molar-refractivity contribution in [2.24, 2.45) is 0 Å². The first-order chi connectivity index (χ1) is 14.2. The fourth-order valence-electron chi connectivity index (χ4n) is 3.52. The summed E-state index contributed by atoms with van der Waals surface area (Å²) in [6.07, 6.45) is 3.64. The molecule has 6 heteroatoms. The van der Waals surface area contributed by atoms with Gasteiger partial charge in [0.1, 0.15) is 0 Å². The molecule has 2 aromatic heterocycles. The number of carbonyl (C=O) groups is 2. The van der Waals surface area contributed by atoms with E-state index in [0.29, 0.717) is 30.8 Å². The third-order valence-corrected chi connectivity index (χ3v) is 4.83. The molecule has 4 aromatic rings. The number of hydrogen-bond acceptors (Lipinski definition) is 4. The van der Waals surface area contributed by atoms with Crippen molar-refractivity contribution in [1.29, 1.82) is 0 Å². The molecule has 0 radical (unpaired) electrons. The number of pyridine rings is 1. The van der Waals surface area contributed by atoms with Gasteiger partial charge in [0.2, 0.25) is 0 Å². The molecule has 2 aromatic carbocycles. The smallest absolute Gasteiger partial charge is 0.338 e. The third kappa shape index (κ3) is 3.69. The maximum Gasteiger partial charge on any atom is 0.338 e. The van der Waals surface area contributed by atoms with Gasteiger partial charge in [0.25, 0.3) is 5.91 Å². The molecular weight excluding hydrogens is 366 g/mol. The van der Waals surface area contributed by atoms with Gasteiger partial charge in [-0.3, -0.25) is 9.78 Å². The standard InChI is InChI=1S/C23H21N3O3/c1-2-29-23(28)17-7-5-6-16(14-17)22(27)25-12-13-26-20-9-4-3-8-18(20)19-10-11-24-15-21(19)26/h3-11,14-15H,2,12-13H2,1H3,(H,25,27). The number of rotatable bonds is 6. The van der Waals surface area contributed by atoms with E-state index in [2.05, 4.69) is 27.0 Å². The Labute approximate surface area is 168 Å². The molecule has 0 fully saturated rings. The SMILES string of the molecule is CCOC(=O)c1cccc(C(=O)NCCn2c3ccccc3c3ccncc32)c1. The lowest BCUT2D eigenvalue weighted by Crippen LogP contribution is -2.27. The topological polar surface area (TPSA) is 73.2 Å². The van der Waals surface area contributed by atoms with E-state index in [0.717, 1.165) is 16.4 Å². The summed E-state index contributed by atoms with van der Waals surface area (Å²) in [6.45, 7) is 3.10. The molecule has 6 nitrogen and oxygen atoms in total. The first-order valence-electron chi connectivity index (χ1n) is 9.55. The summed E-state index contributed by atoms with van der Waals surface area (Å²) in [7, 11) is 0. The molecular formula is C23H21N3O3. The van der Waals surface area contributed by atoms with E-state index in [4.69, 9.17) is 4.74 Å². The van der Waals surface area contributed by atoms with Crippen LogP contribution in [0.2, 0.25) is 0 Å². The highest BCUT2D eigenvalue weighted by atomic mass is 16.5. The fraction of sp³-hybridized carbons (Fsp3) is 0.174. The van der Waals surface area contributed by atoms with Crippen molar-refractivity contribution in [3.63, 3.8) is 0 Å².